The van der Waals surface area contributed by atoms with Gasteiger partial charge in [-0.2, -0.15) is 0 Å². The molecule has 4 amide bonds. The molecule has 0 saturated heterocycles. The van der Waals surface area contributed by atoms with E-state index < -0.39 is 24.4 Å². The second-order valence-electron chi connectivity index (χ2n) is 8.47. The summed E-state index contributed by atoms with van der Waals surface area (Å²) < 4.78 is 19.2. The van der Waals surface area contributed by atoms with Crippen LogP contribution in [0.1, 0.15) is 71.6 Å². The van der Waals surface area contributed by atoms with Gasteiger partial charge in [0.1, 0.15) is 11.5 Å². The number of para-hydroxylation sites is 2. The van der Waals surface area contributed by atoms with E-state index in [4.69, 9.17) is 18.9 Å². The van der Waals surface area contributed by atoms with Gasteiger partial charge in [0.15, 0.2) is 0 Å². The molecule has 0 atom stereocenters. The number of hydrogen-bond donors (Lipinski definition) is 0. The van der Waals surface area contributed by atoms with Crippen molar-refractivity contribution in [1.82, 2.24) is 0 Å². The Bertz CT molecular complexity index is 1080. The van der Waals surface area contributed by atoms with Crippen LogP contribution in [0.3, 0.4) is 0 Å². The highest BCUT2D eigenvalue weighted by molar-refractivity contribution is 5.75. The van der Waals surface area contributed by atoms with Gasteiger partial charge >= 0.3 is 24.4 Å². The van der Waals surface area contributed by atoms with E-state index in [0.717, 1.165) is 51.4 Å². The Balaban J connectivity index is 0.000000410. The van der Waals surface area contributed by atoms with Gasteiger partial charge in [-0.15, -0.1) is 0 Å². The van der Waals surface area contributed by atoms with Crippen molar-refractivity contribution in [1.29, 1.82) is 0 Å². The summed E-state index contributed by atoms with van der Waals surface area (Å²) in [5.41, 5.74) is 0. The van der Waals surface area contributed by atoms with E-state index in [1.807, 2.05) is 0 Å². The van der Waals surface area contributed by atoms with Gasteiger partial charge in [-0.05, 0) is 37.1 Å². The molecule has 0 radical (unpaired) electrons. The van der Waals surface area contributed by atoms with E-state index in [2.05, 4.69) is 34.3 Å². The Morgan fingerprint density at radius 1 is 0.488 bits per heavy atom. The minimum atomic E-state index is -0.959. The number of carbonyl (C=O) groups excluding carboxylic acids is 4. The van der Waals surface area contributed by atoms with Crippen molar-refractivity contribution in [3.05, 3.63) is 60.7 Å². The Morgan fingerprint density at radius 3 is 1.22 bits per heavy atom. The first kappa shape index (κ1) is 34.5. The molecule has 0 aliphatic carbocycles. The average molecular weight is 571 g/mol. The highest BCUT2D eigenvalue weighted by Gasteiger charge is 2.06. The van der Waals surface area contributed by atoms with Crippen molar-refractivity contribution in [2.75, 3.05) is 13.2 Å². The van der Waals surface area contributed by atoms with Crippen molar-refractivity contribution in [3.63, 3.8) is 0 Å². The lowest BCUT2D eigenvalue weighted by Crippen LogP contribution is -2.04. The fourth-order valence-corrected chi connectivity index (χ4v) is 2.99. The van der Waals surface area contributed by atoms with Gasteiger partial charge in [-0.3, -0.25) is 0 Å². The lowest BCUT2D eigenvalue weighted by molar-refractivity contribution is 0.151. The van der Waals surface area contributed by atoms with Gasteiger partial charge in [0.25, 0.3) is 0 Å². The molecule has 41 heavy (non-hydrogen) atoms. The van der Waals surface area contributed by atoms with E-state index in [1.165, 1.54) is 6.42 Å². The number of carbonyl (C=O) groups is 4. The molecule has 0 N–H and O–H groups in total. The van der Waals surface area contributed by atoms with Crippen molar-refractivity contribution < 1.29 is 38.1 Å². The highest BCUT2D eigenvalue weighted by Crippen LogP contribution is 2.10. The SMILES string of the molecule is CCCCCCCOC(=O)N=NC(=O)Oc1ccccc1.CCCCCCOC(=O)N=NC(=O)Oc1ccccc1. The van der Waals surface area contributed by atoms with Crippen LogP contribution in [-0.4, -0.2) is 37.6 Å². The number of benzene rings is 2. The number of amides is 4. The predicted octanol–water partition coefficient (Wildman–Crippen LogP) is 9.10. The van der Waals surface area contributed by atoms with E-state index in [-0.39, 0.29) is 13.2 Å². The largest absolute Gasteiger partial charge is 0.458 e. The lowest BCUT2D eigenvalue weighted by Gasteiger charge is -2.00. The molecule has 12 nitrogen and oxygen atoms in total. The summed E-state index contributed by atoms with van der Waals surface area (Å²) in [5, 5.41) is 12.5. The Morgan fingerprint density at radius 2 is 0.829 bits per heavy atom. The highest BCUT2D eigenvalue weighted by atomic mass is 16.6. The summed E-state index contributed by atoms with van der Waals surface area (Å²) in [5.74, 6) is 0.676. The predicted molar refractivity (Wildman–Crippen MR) is 150 cm³/mol. The maximum Gasteiger partial charge on any atom is 0.458 e. The molecule has 2 aromatic rings. The summed E-state index contributed by atoms with van der Waals surface area (Å²) in [7, 11) is 0. The van der Waals surface area contributed by atoms with E-state index in [9.17, 15) is 19.2 Å². The monoisotopic (exact) mass is 570 g/mol. The molecule has 0 fully saturated rings. The van der Waals surface area contributed by atoms with Gasteiger partial charge in [-0.1, -0.05) is 116 Å². The molecule has 0 bridgehead atoms. The van der Waals surface area contributed by atoms with Crippen LogP contribution >= 0.6 is 0 Å². The van der Waals surface area contributed by atoms with Crippen LogP contribution in [0.4, 0.5) is 19.2 Å². The molecule has 0 aromatic heterocycles. The number of unbranched alkanes of at least 4 members (excludes halogenated alkanes) is 7. The molecule has 2 rings (SSSR count). The summed E-state index contributed by atoms with van der Waals surface area (Å²) in [6, 6.07) is 16.8. The van der Waals surface area contributed by atoms with Crippen LogP contribution in [-0.2, 0) is 9.47 Å². The van der Waals surface area contributed by atoms with Gasteiger partial charge in [-0.25, -0.2) is 19.2 Å². The van der Waals surface area contributed by atoms with Crippen LogP contribution in [0.5, 0.6) is 11.5 Å². The maximum atomic E-state index is 11.3. The molecular weight excluding hydrogens is 532 g/mol. The summed E-state index contributed by atoms with van der Waals surface area (Å²) in [6.07, 6.45) is 5.57. The smallest absolute Gasteiger partial charge is 0.447 e. The first-order chi connectivity index (χ1) is 19.9. The van der Waals surface area contributed by atoms with Gasteiger partial charge < -0.3 is 18.9 Å². The standard InChI is InChI=1S/C15H20N2O4.C14H18N2O4/c1-2-3-4-5-9-12-20-14(18)16-17-15(19)21-13-10-7-6-8-11-13;1-2-3-4-8-11-19-13(17)15-16-14(18)20-12-9-6-5-7-10-12/h6-8,10-11H,2-5,9,12H2,1H3;5-7,9-10H,2-4,8,11H2,1H3. The Kier molecular flexibility index (Phi) is 19.7. The second kappa shape index (κ2) is 23.4. The molecule has 0 saturated carbocycles. The van der Waals surface area contributed by atoms with Crippen molar-refractivity contribution >= 4 is 24.4 Å². The van der Waals surface area contributed by atoms with Gasteiger partial charge in [0, 0.05) is 0 Å². The van der Waals surface area contributed by atoms with E-state index >= 15 is 0 Å². The number of rotatable bonds is 13. The quantitative estimate of drug-likeness (QED) is 0.170. The van der Waals surface area contributed by atoms with Crippen LogP contribution in [0.25, 0.3) is 0 Å². The number of nitrogens with zero attached hydrogens (tertiary/aromatic N) is 4. The van der Waals surface area contributed by atoms with Crippen LogP contribution in [0, 0.1) is 0 Å². The molecule has 0 heterocycles. The maximum absolute atomic E-state index is 11.3. The molecule has 12 heteroatoms. The summed E-state index contributed by atoms with van der Waals surface area (Å²) in [4.78, 5) is 44.9. The normalized spacial score (nSPS) is 10.5. The van der Waals surface area contributed by atoms with Crippen molar-refractivity contribution in [3.8, 4) is 11.5 Å². The minimum absolute atomic E-state index is 0.283. The van der Waals surface area contributed by atoms with Gasteiger partial charge in [0.2, 0.25) is 0 Å². The summed E-state index contributed by atoms with van der Waals surface area (Å²) >= 11 is 0. The molecular formula is C29H38N4O8. The lowest BCUT2D eigenvalue weighted by atomic mass is 10.2. The number of hydrogen-bond acceptors (Lipinski definition) is 8. The third kappa shape index (κ3) is 20.1. The first-order valence-electron chi connectivity index (χ1n) is 13.6. The van der Waals surface area contributed by atoms with Crippen LogP contribution in [0.2, 0.25) is 0 Å². The zero-order chi connectivity index (χ0) is 30.0. The third-order valence-electron chi connectivity index (χ3n) is 5.02. The molecule has 0 aliphatic heterocycles. The topological polar surface area (TPSA) is 155 Å². The molecule has 222 valence electrons. The fraction of sp³-hybridized carbons (Fsp3) is 0.448. The average Bonchev–Trinajstić information content (AvgIpc) is 2.98. The molecule has 0 spiro atoms. The van der Waals surface area contributed by atoms with Crippen LogP contribution in [0.15, 0.2) is 81.1 Å². The zero-order valence-electron chi connectivity index (χ0n) is 23.6. The van der Waals surface area contributed by atoms with E-state index in [0.29, 0.717) is 11.5 Å². The second-order valence-corrected chi connectivity index (χ2v) is 8.47. The Labute approximate surface area is 240 Å². The first-order valence-corrected chi connectivity index (χ1v) is 13.6. The third-order valence-corrected chi connectivity index (χ3v) is 5.02. The minimum Gasteiger partial charge on any atom is -0.447 e. The van der Waals surface area contributed by atoms with E-state index in [1.54, 1.807) is 60.7 Å². The summed E-state index contributed by atoms with van der Waals surface area (Å²) in [6.45, 7) is 4.80. The molecule has 0 aliphatic rings. The number of azo groups is 2. The zero-order valence-corrected chi connectivity index (χ0v) is 23.6. The fourth-order valence-electron chi connectivity index (χ4n) is 2.99. The van der Waals surface area contributed by atoms with Gasteiger partial charge in [0.05, 0.1) is 13.2 Å². The van der Waals surface area contributed by atoms with Crippen molar-refractivity contribution in [2.45, 2.75) is 71.6 Å². The molecule has 0 unspecified atom stereocenters. The van der Waals surface area contributed by atoms with Crippen molar-refractivity contribution in [2.24, 2.45) is 20.5 Å². The van der Waals surface area contributed by atoms with Crippen LogP contribution < -0.4 is 9.47 Å². The number of ether oxygens (including phenoxy) is 4. The Hall–Kier alpha value is -4.48. The molecule has 2 aromatic carbocycles.